The van der Waals surface area contributed by atoms with E-state index in [0.717, 1.165) is 44.7 Å². The number of hydrogen-bond donors (Lipinski definition) is 1. The Balaban J connectivity index is 0.00000192. The van der Waals surface area contributed by atoms with Gasteiger partial charge < -0.3 is 15.0 Å². The second kappa shape index (κ2) is 9.70. The molecule has 0 aromatic heterocycles. The molecule has 0 radical (unpaired) electrons. The Hall–Kier alpha value is 0.310. The smallest absolute Gasteiger partial charge is 0.193 e. The van der Waals surface area contributed by atoms with Crippen molar-refractivity contribution in [2.24, 2.45) is 16.3 Å². The fraction of sp³-hybridized carbons (Fsp3) is 0.941. The van der Waals surface area contributed by atoms with Gasteiger partial charge in [-0.25, -0.2) is 0 Å². The van der Waals surface area contributed by atoms with E-state index < -0.39 is 0 Å². The SMILES string of the molecule is CCNC(=NCC1CCSCC1)N1CCC2(CCOCC2)C1.I. The summed E-state index contributed by atoms with van der Waals surface area (Å²) in [7, 11) is 0. The Bertz CT molecular complexity index is 382. The van der Waals surface area contributed by atoms with Gasteiger partial charge in [0.1, 0.15) is 0 Å². The van der Waals surface area contributed by atoms with Gasteiger partial charge >= 0.3 is 0 Å². The van der Waals surface area contributed by atoms with E-state index in [-0.39, 0.29) is 24.0 Å². The van der Waals surface area contributed by atoms with Crippen LogP contribution in [-0.2, 0) is 4.74 Å². The molecule has 6 heteroatoms. The summed E-state index contributed by atoms with van der Waals surface area (Å²) >= 11 is 2.10. The number of thioether (sulfide) groups is 1. The highest BCUT2D eigenvalue weighted by atomic mass is 127. The van der Waals surface area contributed by atoms with Gasteiger partial charge in [-0.15, -0.1) is 24.0 Å². The summed E-state index contributed by atoms with van der Waals surface area (Å²) in [5.41, 5.74) is 0.496. The van der Waals surface area contributed by atoms with Crippen molar-refractivity contribution in [3.05, 3.63) is 0 Å². The van der Waals surface area contributed by atoms with E-state index in [1.54, 1.807) is 0 Å². The van der Waals surface area contributed by atoms with Crippen LogP contribution in [0.25, 0.3) is 0 Å². The van der Waals surface area contributed by atoms with E-state index >= 15 is 0 Å². The lowest BCUT2D eigenvalue weighted by molar-refractivity contribution is 0.0217. The molecule has 0 aliphatic carbocycles. The van der Waals surface area contributed by atoms with Crippen LogP contribution < -0.4 is 5.32 Å². The van der Waals surface area contributed by atoms with Crippen LogP contribution in [0.4, 0.5) is 0 Å². The van der Waals surface area contributed by atoms with Crippen molar-refractivity contribution in [2.75, 3.05) is 50.9 Å². The average molecular weight is 453 g/mol. The zero-order chi connectivity index (χ0) is 15.3. The molecule has 3 rings (SSSR count). The second-order valence-corrected chi connectivity index (χ2v) is 8.26. The predicted molar refractivity (Wildman–Crippen MR) is 110 cm³/mol. The summed E-state index contributed by atoms with van der Waals surface area (Å²) in [6.07, 6.45) is 6.44. The minimum Gasteiger partial charge on any atom is -0.381 e. The second-order valence-electron chi connectivity index (χ2n) is 7.03. The molecule has 0 unspecified atom stereocenters. The van der Waals surface area contributed by atoms with E-state index in [0.29, 0.717) is 5.41 Å². The molecule has 3 heterocycles. The maximum Gasteiger partial charge on any atom is 0.193 e. The van der Waals surface area contributed by atoms with Gasteiger partial charge in [-0.3, -0.25) is 4.99 Å². The van der Waals surface area contributed by atoms with Crippen LogP contribution in [0.1, 0.15) is 39.0 Å². The minimum atomic E-state index is 0. The molecule has 0 saturated carbocycles. The Kier molecular flexibility index (Phi) is 8.28. The molecule has 0 aromatic carbocycles. The predicted octanol–water partition coefficient (Wildman–Crippen LogP) is 3.22. The third-order valence-corrected chi connectivity index (χ3v) is 6.52. The maximum atomic E-state index is 5.56. The molecule has 4 nitrogen and oxygen atoms in total. The first-order valence-corrected chi connectivity index (χ1v) is 10.2. The van der Waals surface area contributed by atoms with Crippen molar-refractivity contribution >= 4 is 41.7 Å². The van der Waals surface area contributed by atoms with Crippen LogP contribution >= 0.6 is 35.7 Å². The van der Waals surface area contributed by atoms with Gasteiger partial charge in [0, 0.05) is 39.4 Å². The highest BCUT2D eigenvalue weighted by Gasteiger charge is 2.40. The molecule has 3 aliphatic heterocycles. The van der Waals surface area contributed by atoms with Gasteiger partial charge in [-0.05, 0) is 61.9 Å². The van der Waals surface area contributed by atoms with Gasteiger partial charge in [0.15, 0.2) is 5.96 Å². The summed E-state index contributed by atoms with van der Waals surface area (Å²) in [4.78, 5) is 7.49. The van der Waals surface area contributed by atoms with Gasteiger partial charge in [-0.2, -0.15) is 11.8 Å². The zero-order valence-electron chi connectivity index (χ0n) is 14.4. The number of ether oxygens (including phenoxy) is 1. The van der Waals surface area contributed by atoms with Gasteiger partial charge in [0.05, 0.1) is 0 Å². The van der Waals surface area contributed by atoms with Crippen molar-refractivity contribution in [3.63, 3.8) is 0 Å². The van der Waals surface area contributed by atoms with Crippen LogP contribution in [0.5, 0.6) is 0 Å². The lowest BCUT2D eigenvalue weighted by Crippen LogP contribution is -2.42. The van der Waals surface area contributed by atoms with Gasteiger partial charge in [-0.1, -0.05) is 0 Å². The lowest BCUT2D eigenvalue weighted by atomic mass is 9.80. The molecule has 0 aromatic rings. The Morgan fingerprint density at radius 3 is 2.70 bits per heavy atom. The molecular formula is C17H32IN3OS. The lowest BCUT2D eigenvalue weighted by Gasteiger charge is -2.33. The van der Waals surface area contributed by atoms with Crippen molar-refractivity contribution < 1.29 is 4.74 Å². The Morgan fingerprint density at radius 2 is 2.00 bits per heavy atom. The van der Waals surface area contributed by atoms with Crippen LogP contribution in [0, 0.1) is 11.3 Å². The van der Waals surface area contributed by atoms with Crippen molar-refractivity contribution in [2.45, 2.75) is 39.0 Å². The molecule has 0 amide bonds. The summed E-state index contributed by atoms with van der Waals surface area (Å²) < 4.78 is 5.56. The number of aliphatic imine (C=N–C) groups is 1. The molecule has 3 aliphatic rings. The molecule has 3 saturated heterocycles. The van der Waals surface area contributed by atoms with Crippen LogP contribution in [0.2, 0.25) is 0 Å². The first-order valence-electron chi connectivity index (χ1n) is 9.00. The van der Waals surface area contributed by atoms with Crippen molar-refractivity contribution in [3.8, 4) is 0 Å². The summed E-state index contributed by atoms with van der Waals surface area (Å²) in [5, 5.41) is 3.53. The molecule has 23 heavy (non-hydrogen) atoms. The Labute approximate surface area is 162 Å². The monoisotopic (exact) mass is 453 g/mol. The standard InChI is InChI=1S/C17H31N3OS.HI/c1-2-18-16(19-13-15-3-11-22-12-4-15)20-8-5-17(14-20)6-9-21-10-7-17;/h15H,2-14H2,1H3,(H,18,19);1H. The molecule has 1 N–H and O–H groups in total. The largest absolute Gasteiger partial charge is 0.381 e. The maximum absolute atomic E-state index is 5.56. The van der Waals surface area contributed by atoms with Gasteiger partial charge in [0.2, 0.25) is 0 Å². The van der Waals surface area contributed by atoms with E-state index in [1.807, 2.05) is 0 Å². The topological polar surface area (TPSA) is 36.9 Å². The normalized spacial score (nSPS) is 25.4. The number of guanidine groups is 1. The first-order chi connectivity index (χ1) is 10.8. The third-order valence-electron chi connectivity index (χ3n) is 5.47. The molecular weight excluding hydrogens is 421 g/mol. The quantitative estimate of drug-likeness (QED) is 0.405. The van der Waals surface area contributed by atoms with Gasteiger partial charge in [0.25, 0.3) is 0 Å². The van der Waals surface area contributed by atoms with E-state index in [1.165, 1.54) is 50.2 Å². The number of rotatable bonds is 3. The first kappa shape index (κ1) is 19.6. The molecule has 3 fully saturated rings. The Morgan fingerprint density at radius 1 is 1.26 bits per heavy atom. The highest BCUT2D eigenvalue weighted by molar-refractivity contribution is 14.0. The van der Waals surface area contributed by atoms with E-state index in [4.69, 9.17) is 9.73 Å². The van der Waals surface area contributed by atoms with Crippen LogP contribution in [0.3, 0.4) is 0 Å². The summed E-state index contributed by atoms with van der Waals surface area (Å²) in [6.45, 7) is 8.37. The molecule has 1 spiro atoms. The van der Waals surface area contributed by atoms with E-state index in [9.17, 15) is 0 Å². The molecule has 134 valence electrons. The number of halogens is 1. The summed E-state index contributed by atoms with van der Waals surface area (Å²) in [5.74, 6) is 4.60. The molecule has 0 bridgehead atoms. The van der Waals surface area contributed by atoms with Crippen molar-refractivity contribution in [1.29, 1.82) is 0 Å². The zero-order valence-corrected chi connectivity index (χ0v) is 17.5. The highest BCUT2D eigenvalue weighted by Crippen LogP contribution is 2.39. The number of likely N-dealkylation sites (tertiary alicyclic amines) is 1. The van der Waals surface area contributed by atoms with E-state index in [2.05, 4.69) is 28.9 Å². The van der Waals surface area contributed by atoms with Crippen LogP contribution in [0.15, 0.2) is 4.99 Å². The fourth-order valence-electron chi connectivity index (χ4n) is 3.90. The van der Waals surface area contributed by atoms with Crippen LogP contribution in [-0.4, -0.2) is 61.8 Å². The third kappa shape index (κ3) is 5.39. The number of hydrogen-bond acceptors (Lipinski definition) is 3. The number of nitrogens with zero attached hydrogens (tertiary/aromatic N) is 2. The average Bonchev–Trinajstić information content (AvgIpc) is 2.96. The van der Waals surface area contributed by atoms with Crippen molar-refractivity contribution in [1.82, 2.24) is 10.2 Å². The number of nitrogens with one attached hydrogen (secondary N) is 1. The minimum absolute atomic E-state index is 0. The fourth-order valence-corrected chi connectivity index (χ4v) is 5.10. The molecule has 0 atom stereocenters. The summed E-state index contributed by atoms with van der Waals surface area (Å²) in [6, 6.07) is 0.